The predicted molar refractivity (Wildman–Crippen MR) is 72.9 cm³/mol. The van der Waals surface area contributed by atoms with Gasteiger partial charge in [0.1, 0.15) is 0 Å². The molecule has 19 heavy (non-hydrogen) atoms. The lowest BCUT2D eigenvalue weighted by atomic mass is 10.3. The van der Waals surface area contributed by atoms with Gasteiger partial charge in [-0.15, -0.1) is 0 Å². The van der Waals surface area contributed by atoms with Crippen molar-refractivity contribution in [2.45, 2.75) is 17.9 Å². The molecule has 0 aliphatic rings. The smallest absolute Gasteiger partial charge is 0.240 e. The van der Waals surface area contributed by atoms with Gasteiger partial charge in [-0.25, -0.2) is 18.1 Å². The zero-order valence-electron chi connectivity index (χ0n) is 10.4. The molecule has 0 aliphatic heterocycles. The third kappa shape index (κ3) is 3.80. The molecule has 0 aliphatic carbocycles. The van der Waals surface area contributed by atoms with Crippen molar-refractivity contribution in [1.82, 2.24) is 14.3 Å². The Bertz CT molecular complexity index is 606. The van der Waals surface area contributed by atoms with Gasteiger partial charge in [0.2, 0.25) is 10.0 Å². The second-order valence-corrected chi connectivity index (χ2v) is 5.89. The van der Waals surface area contributed by atoms with Crippen LogP contribution >= 0.6 is 0 Å². The number of imidazole rings is 1. The lowest BCUT2D eigenvalue weighted by molar-refractivity contribution is 0.570. The van der Waals surface area contributed by atoms with Gasteiger partial charge in [-0.3, -0.25) is 0 Å². The summed E-state index contributed by atoms with van der Waals surface area (Å²) in [7, 11) is -3.45. The van der Waals surface area contributed by atoms with Crippen molar-refractivity contribution in [3.63, 3.8) is 0 Å². The highest BCUT2D eigenvalue weighted by molar-refractivity contribution is 7.89. The fraction of sp³-hybridized carbons (Fsp3) is 0.250. The number of nitrogens with one attached hydrogen (secondary N) is 1. The number of rotatable bonds is 6. The summed E-state index contributed by atoms with van der Waals surface area (Å²) in [4.78, 5) is 4.14. The Labute approximate surface area is 112 Å². The van der Waals surface area contributed by atoms with Gasteiger partial charge >= 0.3 is 0 Å². The number of benzene rings is 1. The molecule has 6 nitrogen and oxygen atoms in total. The minimum atomic E-state index is -3.45. The molecule has 0 bridgehead atoms. The zero-order chi connectivity index (χ0) is 13.7. The second kappa shape index (κ2) is 5.85. The van der Waals surface area contributed by atoms with Crippen molar-refractivity contribution >= 4 is 15.7 Å². The molecule has 0 unspecified atom stereocenters. The van der Waals surface area contributed by atoms with Crippen LogP contribution in [0.3, 0.4) is 0 Å². The van der Waals surface area contributed by atoms with Crippen LogP contribution in [-0.2, 0) is 16.6 Å². The summed E-state index contributed by atoms with van der Waals surface area (Å²) in [6, 6.07) is 6.13. The van der Waals surface area contributed by atoms with Gasteiger partial charge in [-0.05, 0) is 30.7 Å². The number of sulfonamides is 1. The van der Waals surface area contributed by atoms with E-state index < -0.39 is 10.0 Å². The van der Waals surface area contributed by atoms with Crippen molar-refractivity contribution in [3.8, 4) is 0 Å². The standard InChI is InChI=1S/C12H16N4O2S/c13-11-2-4-12(5-3-11)19(17,18)15-6-1-8-16-9-7-14-10-16/h2-5,7,9-10,15H,1,6,8,13H2. The van der Waals surface area contributed by atoms with Gasteiger partial charge in [0.25, 0.3) is 0 Å². The van der Waals surface area contributed by atoms with Gasteiger partial charge in [0.05, 0.1) is 11.2 Å². The summed E-state index contributed by atoms with van der Waals surface area (Å²) >= 11 is 0. The summed E-state index contributed by atoms with van der Waals surface area (Å²) in [5, 5.41) is 0. The fourth-order valence-corrected chi connectivity index (χ4v) is 2.69. The molecule has 0 amide bonds. The Morgan fingerprint density at radius 1 is 1.26 bits per heavy atom. The van der Waals surface area contributed by atoms with E-state index >= 15 is 0 Å². The van der Waals surface area contributed by atoms with Crippen LogP contribution in [0.5, 0.6) is 0 Å². The molecule has 2 aromatic rings. The Morgan fingerprint density at radius 2 is 2.00 bits per heavy atom. The maximum Gasteiger partial charge on any atom is 0.240 e. The first-order chi connectivity index (χ1) is 9.08. The monoisotopic (exact) mass is 280 g/mol. The first-order valence-corrected chi connectivity index (χ1v) is 7.37. The van der Waals surface area contributed by atoms with Crippen molar-refractivity contribution in [1.29, 1.82) is 0 Å². The first kappa shape index (κ1) is 13.6. The Balaban J connectivity index is 1.86. The lowest BCUT2D eigenvalue weighted by Crippen LogP contribution is -2.25. The van der Waals surface area contributed by atoms with E-state index in [1.54, 1.807) is 24.7 Å². The van der Waals surface area contributed by atoms with E-state index in [2.05, 4.69) is 9.71 Å². The van der Waals surface area contributed by atoms with Gasteiger partial charge in [-0.2, -0.15) is 0 Å². The van der Waals surface area contributed by atoms with E-state index in [-0.39, 0.29) is 4.90 Å². The molecule has 1 aromatic carbocycles. The van der Waals surface area contributed by atoms with Crippen molar-refractivity contribution < 1.29 is 8.42 Å². The average molecular weight is 280 g/mol. The van der Waals surface area contributed by atoms with Crippen molar-refractivity contribution in [2.75, 3.05) is 12.3 Å². The van der Waals surface area contributed by atoms with Crippen LogP contribution in [0.2, 0.25) is 0 Å². The van der Waals surface area contributed by atoms with Gasteiger partial charge in [-0.1, -0.05) is 0 Å². The summed E-state index contributed by atoms with van der Waals surface area (Å²) < 4.78 is 28.3. The zero-order valence-corrected chi connectivity index (χ0v) is 11.2. The van der Waals surface area contributed by atoms with Crippen LogP contribution in [0.25, 0.3) is 0 Å². The summed E-state index contributed by atoms with van der Waals surface area (Å²) in [5.41, 5.74) is 6.06. The predicted octanol–water partition coefficient (Wildman–Crippen LogP) is 0.834. The largest absolute Gasteiger partial charge is 0.399 e. The number of nitrogens with two attached hydrogens (primary N) is 1. The van der Waals surface area contributed by atoms with Gasteiger partial charge < -0.3 is 10.3 Å². The third-order valence-electron chi connectivity index (χ3n) is 2.63. The lowest BCUT2D eigenvalue weighted by Gasteiger charge is -2.07. The highest BCUT2D eigenvalue weighted by Crippen LogP contribution is 2.11. The molecule has 0 radical (unpaired) electrons. The number of hydrogen-bond acceptors (Lipinski definition) is 4. The number of anilines is 1. The molecule has 2 rings (SSSR count). The van der Waals surface area contributed by atoms with E-state index in [0.29, 0.717) is 18.7 Å². The van der Waals surface area contributed by atoms with Crippen LogP contribution < -0.4 is 10.5 Å². The highest BCUT2D eigenvalue weighted by atomic mass is 32.2. The van der Waals surface area contributed by atoms with Gasteiger partial charge in [0.15, 0.2) is 0 Å². The number of nitrogen functional groups attached to an aromatic ring is 1. The normalized spacial score (nSPS) is 11.6. The minimum absolute atomic E-state index is 0.226. The average Bonchev–Trinajstić information content (AvgIpc) is 2.88. The number of aromatic nitrogens is 2. The minimum Gasteiger partial charge on any atom is -0.399 e. The van der Waals surface area contributed by atoms with Crippen LogP contribution in [0.4, 0.5) is 5.69 Å². The molecule has 0 atom stereocenters. The summed E-state index contributed by atoms with van der Waals surface area (Å²) in [6.45, 7) is 1.11. The number of hydrogen-bond donors (Lipinski definition) is 2. The molecule has 0 fully saturated rings. The molecule has 0 saturated heterocycles. The van der Waals surface area contributed by atoms with E-state index in [1.807, 2.05) is 10.8 Å². The molecule has 3 N–H and O–H groups in total. The highest BCUT2D eigenvalue weighted by Gasteiger charge is 2.12. The van der Waals surface area contributed by atoms with E-state index in [1.165, 1.54) is 12.1 Å². The SMILES string of the molecule is Nc1ccc(S(=O)(=O)NCCCn2ccnc2)cc1. The van der Waals surface area contributed by atoms with Gasteiger partial charge in [0, 0.05) is 31.2 Å². The maximum absolute atomic E-state index is 11.9. The van der Waals surface area contributed by atoms with E-state index in [0.717, 1.165) is 6.54 Å². The maximum atomic E-state index is 11.9. The Hall–Kier alpha value is -1.86. The molecule has 1 aromatic heterocycles. The molecule has 0 saturated carbocycles. The van der Waals surface area contributed by atoms with Crippen LogP contribution in [0.15, 0.2) is 47.9 Å². The summed E-state index contributed by atoms with van der Waals surface area (Å²) in [5.74, 6) is 0. The number of nitrogens with zero attached hydrogens (tertiary/aromatic N) is 2. The third-order valence-corrected chi connectivity index (χ3v) is 4.11. The summed E-state index contributed by atoms with van der Waals surface area (Å²) in [6.07, 6.45) is 5.94. The molecule has 1 heterocycles. The quantitative estimate of drug-likeness (QED) is 0.606. The van der Waals surface area contributed by atoms with E-state index in [4.69, 9.17) is 5.73 Å². The number of aryl methyl sites for hydroxylation is 1. The Kier molecular flexibility index (Phi) is 4.18. The molecule has 7 heteroatoms. The molecular formula is C12H16N4O2S. The van der Waals surface area contributed by atoms with E-state index in [9.17, 15) is 8.42 Å². The first-order valence-electron chi connectivity index (χ1n) is 5.89. The van der Waals surface area contributed by atoms with Crippen LogP contribution in [0, 0.1) is 0 Å². The van der Waals surface area contributed by atoms with Crippen molar-refractivity contribution in [3.05, 3.63) is 43.0 Å². The molecule has 102 valence electrons. The fourth-order valence-electron chi connectivity index (χ4n) is 1.62. The van der Waals surface area contributed by atoms with Crippen molar-refractivity contribution in [2.24, 2.45) is 0 Å². The Morgan fingerprint density at radius 3 is 2.63 bits per heavy atom. The van der Waals surface area contributed by atoms with Crippen LogP contribution in [-0.4, -0.2) is 24.5 Å². The molecule has 0 spiro atoms. The topological polar surface area (TPSA) is 90.0 Å². The molecular weight excluding hydrogens is 264 g/mol. The van der Waals surface area contributed by atoms with Crippen LogP contribution in [0.1, 0.15) is 6.42 Å². The second-order valence-electron chi connectivity index (χ2n) is 4.12.